The van der Waals surface area contributed by atoms with Crippen LogP contribution in [-0.4, -0.2) is 18.1 Å². The molecule has 1 unspecified atom stereocenters. The van der Waals surface area contributed by atoms with Gasteiger partial charge < -0.3 is 15.8 Å². The molecule has 4 nitrogen and oxygen atoms in total. The molecule has 0 saturated heterocycles. The van der Waals surface area contributed by atoms with Gasteiger partial charge in [0.25, 0.3) is 5.91 Å². The van der Waals surface area contributed by atoms with Crippen LogP contribution >= 0.6 is 15.9 Å². The van der Waals surface area contributed by atoms with Crippen molar-refractivity contribution in [2.75, 3.05) is 0 Å². The van der Waals surface area contributed by atoms with Gasteiger partial charge in [0.05, 0.1) is 0 Å². The zero-order chi connectivity index (χ0) is 16.0. The Morgan fingerprint density at radius 3 is 2.48 bits per heavy atom. The Hall–Kier alpha value is -1.07. The topological polar surface area (TPSA) is 64.3 Å². The lowest BCUT2D eigenvalue weighted by atomic mass is 10.1. The SMILES string of the molecule is CCC(CC)NC(=O)C(C)Oc1cc(Br)ccc1[C@H](C)N. The van der Waals surface area contributed by atoms with Gasteiger partial charge >= 0.3 is 0 Å². The first-order chi connectivity index (χ1) is 9.88. The predicted octanol–water partition coefficient (Wildman–Crippen LogP) is 3.54. The van der Waals surface area contributed by atoms with E-state index in [0.29, 0.717) is 5.75 Å². The van der Waals surface area contributed by atoms with Gasteiger partial charge in [-0.05, 0) is 38.8 Å². The summed E-state index contributed by atoms with van der Waals surface area (Å²) >= 11 is 3.41. The fourth-order valence-electron chi connectivity index (χ4n) is 2.04. The number of benzene rings is 1. The van der Waals surface area contributed by atoms with Gasteiger partial charge in [-0.25, -0.2) is 0 Å². The van der Waals surface area contributed by atoms with Crippen molar-refractivity contribution in [3.63, 3.8) is 0 Å². The van der Waals surface area contributed by atoms with Crippen LogP contribution in [0.4, 0.5) is 0 Å². The maximum absolute atomic E-state index is 12.2. The number of amides is 1. The van der Waals surface area contributed by atoms with Gasteiger partial charge in [-0.15, -0.1) is 0 Å². The summed E-state index contributed by atoms with van der Waals surface area (Å²) in [6.45, 7) is 7.76. The van der Waals surface area contributed by atoms with Crippen LogP contribution in [-0.2, 0) is 4.79 Å². The molecule has 0 spiro atoms. The van der Waals surface area contributed by atoms with Crippen molar-refractivity contribution in [2.45, 2.75) is 58.7 Å². The Morgan fingerprint density at radius 1 is 1.33 bits per heavy atom. The molecule has 0 radical (unpaired) electrons. The second kappa shape index (κ2) is 8.39. The molecule has 0 bridgehead atoms. The van der Waals surface area contributed by atoms with Crippen molar-refractivity contribution in [1.29, 1.82) is 0 Å². The molecule has 0 aliphatic carbocycles. The highest BCUT2D eigenvalue weighted by Gasteiger charge is 2.19. The Balaban J connectivity index is 2.80. The minimum Gasteiger partial charge on any atom is -0.481 e. The Bertz CT molecular complexity index is 473. The van der Waals surface area contributed by atoms with Gasteiger partial charge in [0.2, 0.25) is 0 Å². The van der Waals surface area contributed by atoms with E-state index in [-0.39, 0.29) is 18.0 Å². The molecule has 0 fully saturated rings. The first-order valence-corrected chi connectivity index (χ1v) is 8.20. The van der Waals surface area contributed by atoms with Crippen LogP contribution in [0.1, 0.15) is 52.1 Å². The van der Waals surface area contributed by atoms with Crippen LogP contribution in [0.2, 0.25) is 0 Å². The van der Waals surface area contributed by atoms with E-state index in [2.05, 4.69) is 35.1 Å². The van der Waals surface area contributed by atoms with Crippen LogP contribution in [0.25, 0.3) is 0 Å². The lowest BCUT2D eigenvalue weighted by molar-refractivity contribution is -0.128. The molecular weight excluding hydrogens is 332 g/mol. The number of halogens is 1. The molecule has 1 amide bonds. The fraction of sp³-hybridized carbons (Fsp3) is 0.562. The van der Waals surface area contributed by atoms with E-state index in [4.69, 9.17) is 10.5 Å². The van der Waals surface area contributed by atoms with Crippen LogP contribution < -0.4 is 15.8 Å². The summed E-state index contributed by atoms with van der Waals surface area (Å²) in [5, 5.41) is 2.99. The largest absolute Gasteiger partial charge is 0.481 e. The Kier molecular flexibility index (Phi) is 7.18. The molecule has 3 N–H and O–H groups in total. The summed E-state index contributed by atoms with van der Waals surface area (Å²) in [6, 6.07) is 5.72. The van der Waals surface area contributed by atoms with E-state index in [9.17, 15) is 4.79 Å². The van der Waals surface area contributed by atoms with E-state index >= 15 is 0 Å². The van der Waals surface area contributed by atoms with Gasteiger partial charge in [-0.3, -0.25) is 4.79 Å². The second-order valence-electron chi connectivity index (χ2n) is 5.25. The number of hydrogen-bond acceptors (Lipinski definition) is 3. The monoisotopic (exact) mass is 356 g/mol. The van der Waals surface area contributed by atoms with Gasteiger partial charge in [-0.1, -0.05) is 35.8 Å². The summed E-state index contributed by atoms with van der Waals surface area (Å²) in [6.07, 6.45) is 1.27. The number of rotatable bonds is 7. The predicted molar refractivity (Wildman–Crippen MR) is 89.3 cm³/mol. The molecule has 0 heterocycles. The van der Waals surface area contributed by atoms with Crippen molar-refractivity contribution >= 4 is 21.8 Å². The molecule has 21 heavy (non-hydrogen) atoms. The maximum Gasteiger partial charge on any atom is 0.260 e. The number of nitrogens with one attached hydrogen (secondary N) is 1. The van der Waals surface area contributed by atoms with Gasteiger partial charge in [0, 0.05) is 22.1 Å². The summed E-state index contributed by atoms with van der Waals surface area (Å²) in [4.78, 5) is 12.2. The fourth-order valence-corrected chi connectivity index (χ4v) is 2.38. The molecule has 1 aromatic rings. The third kappa shape index (κ3) is 5.32. The molecule has 1 rings (SSSR count). The van der Waals surface area contributed by atoms with E-state index in [0.717, 1.165) is 22.9 Å². The molecule has 5 heteroatoms. The molecule has 0 saturated carbocycles. The Labute approximate surface area is 135 Å². The number of nitrogens with two attached hydrogens (primary N) is 1. The second-order valence-corrected chi connectivity index (χ2v) is 6.17. The molecule has 0 aromatic heterocycles. The molecule has 0 aliphatic heterocycles. The van der Waals surface area contributed by atoms with E-state index in [1.807, 2.05) is 25.1 Å². The molecule has 118 valence electrons. The van der Waals surface area contributed by atoms with Crippen molar-refractivity contribution < 1.29 is 9.53 Å². The smallest absolute Gasteiger partial charge is 0.260 e. The zero-order valence-corrected chi connectivity index (χ0v) is 14.7. The third-order valence-electron chi connectivity index (χ3n) is 3.47. The number of hydrogen-bond donors (Lipinski definition) is 2. The molecule has 0 aliphatic rings. The minimum absolute atomic E-state index is 0.0979. The molecular formula is C16H25BrN2O2. The number of carbonyl (C=O) groups is 1. The molecule has 2 atom stereocenters. The normalized spacial score (nSPS) is 13.9. The van der Waals surface area contributed by atoms with Crippen molar-refractivity contribution in [3.05, 3.63) is 28.2 Å². The average molecular weight is 357 g/mol. The lowest BCUT2D eigenvalue weighted by Gasteiger charge is -2.21. The summed E-state index contributed by atoms with van der Waals surface area (Å²) in [5.41, 5.74) is 6.83. The highest BCUT2D eigenvalue weighted by Crippen LogP contribution is 2.28. The minimum atomic E-state index is -0.558. The number of carbonyl (C=O) groups excluding carboxylic acids is 1. The summed E-state index contributed by atoms with van der Waals surface area (Å²) in [7, 11) is 0. The summed E-state index contributed by atoms with van der Waals surface area (Å²) < 4.78 is 6.71. The third-order valence-corrected chi connectivity index (χ3v) is 3.96. The standard InChI is InChI=1S/C16H25BrN2O2/c1-5-13(6-2)19-16(20)11(4)21-15-9-12(17)7-8-14(15)10(3)18/h7-11,13H,5-6,18H2,1-4H3,(H,19,20)/t10-,11?/m0/s1. The van der Waals surface area contributed by atoms with Crippen LogP contribution in [0.15, 0.2) is 22.7 Å². The number of ether oxygens (including phenoxy) is 1. The maximum atomic E-state index is 12.2. The highest BCUT2D eigenvalue weighted by atomic mass is 79.9. The van der Waals surface area contributed by atoms with Crippen molar-refractivity contribution in [3.8, 4) is 5.75 Å². The highest BCUT2D eigenvalue weighted by molar-refractivity contribution is 9.10. The van der Waals surface area contributed by atoms with Crippen molar-refractivity contribution in [2.24, 2.45) is 5.73 Å². The van der Waals surface area contributed by atoms with Crippen LogP contribution in [0, 0.1) is 0 Å². The average Bonchev–Trinajstić information content (AvgIpc) is 2.44. The van der Waals surface area contributed by atoms with Gasteiger partial charge in [-0.2, -0.15) is 0 Å². The Morgan fingerprint density at radius 2 is 1.95 bits per heavy atom. The van der Waals surface area contributed by atoms with E-state index < -0.39 is 6.10 Å². The van der Waals surface area contributed by atoms with Crippen LogP contribution in [0.5, 0.6) is 5.75 Å². The summed E-state index contributed by atoms with van der Waals surface area (Å²) in [5.74, 6) is 0.547. The lowest BCUT2D eigenvalue weighted by Crippen LogP contribution is -2.42. The zero-order valence-electron chi connectivity index (χ0n) is 13.2. The van der Waals surface area contributed by atoms with E-state index in [1.54, 1.807) is 6.92 Å². The molecule has 1 aromatic carbocycles. The van der Waals surface area contributed by atoms with Crippen LogP contribution in [0.3, 0.4) is 0 Å². The quantitative estimate of drug-likeness (QED) is 0.785. The first-order valence-electron chi connectivity index (χ1n) is 7.41. The van der Waals surface area contributed by atoms with E-state index in [1.165, 1.54) is 0 Å². The van der Waals surface area contributed by atoms with Crippen molar-refractivity contribution in [1.82, 2.24) is 5.32 Å². The first kappa shape index (κ1) is 18.0. The van der Waals surface area contributed by atoms with Gasteiger partial charge in [0.1, 0.15) is 5.75 Å². The van der Waals surface area contributed by atoms with Gasteiger partial charge in [0.15, 0.2) is 6.10 Å².